The fourth-order valence-corrected chi connectivity index (χ4v) is 3.30. The van der Waals surface area contributed by atoms with Crippen molar-refractivity contribution in [3.05, 3.63) is 45.6 Å². The summed E-state index contributed by atoms with van der Waals surface area (Å²) in [6, 6.07) is 5.18. The fourth-order valence-electron chi connectivity index (χ4n) is 3.30. The molecule has 0 aliphatic heterocycles. The minimum Gasteiger partial charge on any atom is -0.508 e. The molecule has 0 aliphatic rings. The highest BCUT2D eigenvalue weighted by Crippen LogP contribution is 2.34. The third-order valence-electron chi connectivity index (χ3n) is 4.75. The smallest absolute Gasteiger partial charge is 0.338 e. The normalized spacial score (nSPS) is 13.4. The number of phenols is 1. The van der Waals surface area contributed by atoms with Gasteiger partial charge in [-0.3, -0.25) is 4.79 Å². The molecule has 3 aromatic rings. The Labute approximate surface area is 164 Å². The van der Waals surface area contributed by atoms with Gasteiger partial charge in [0.1, 0.15) is 28.1 Å². The minimum atomic E-state index is -1.25. The Kier molecular flexibility index (Phi) is 5.73. The standard InChI is InChI=1S/C20H20O9/c1-27-14-3-9(12(7-21)13(24)8-22)4-15-18(14)19(25)17-11(20(26)28-2)5-10(23)6-16(17)29-15/h3-6,12-13,21-24H,7-8H2,1-2H3. The summed E-state index contributed by atoms with van der Waals surface area (Å²) >= 11 is 0. The van der Waals surface area contributed by atoms with Gasteiger partial charge in [-0.1, -0.05) is 0 Å². The fraction of sp³-hybridized carbons (Fsp3) is 0.300. The molecule has 0 amide bonds. The number of aliphatic hydroxyl groups is 3. The van der Waals surface area contributed by atoms with Crippen LogP contribution in [0.1, 0.15) is 21.8 Å². The molecule has 0 saturated carbocycles. The van der Waals surface area contributed by atoms with Crippen molar-refractivity contribution in [1.29, 1.82) is 0 Å². The van der Waals surface area contributed by atoms with Gasteiger partial charge < -0.3 is 34.3 Å². The third kappa shape index (κ3) is 3.51. The van der Waals surface area contributed by atoms with Gasteiger partial charge >= 0.3 is 5.97 Å². The van der Waals surface area contributed by atoms with Crippen LogP contribution in [0, 0.1) is 0 Å². The molecule has 4 N–H and O–H groups in total. The molecule has 9 nitrogen and oxygen atoms in total. The zero-order valence-electron chi connectivity index (χ0n) is 15.7. The van der Waals surface area contributed by atoms with Crippen LogP contribution in [0.15, 0.2) is 33.5 Å². The summed E-state index contributed by atoms with van der Waals surface area (Å²) in [5.41, 5.74) is -0.358. The van der Waals surface area contributed by atoms with Gasteiger partial charge in [0.25, 0.3) is 0 Å². The van der Waals surface area contributed by atoms with Gasteiger partial charge in [-0.05, 0) is 23.8 Å². The Morgan fingerprint density at radius 1 is 1.07 bits per heavy atom. The van der Waals surface area contributed by atoms with Crippen LogP contribution in [0.25, 0.3) is 21.9 Å². The van der Waals surface area contributed by atoms with Crippen molar-refractivity contribution in [3.8, 4) is 11.5 Å². The maximum absolute atomic E-state index is 13.2. The summed E-state index contributed by atoms with van der Waals surface area (Å²) in [4.78, 5) is 25.3. The lowest BCUT2D eigenvalue weighted by Crippen LogP contribution is -2.25. The zero-order chi connectivity index (χ0) is 21.3. The molecule has 0 fully saturated rings. The molecular weight excluding hydrogens is 384 g/mol. The Balaban J connectivity index is 2.41. The van der Waals surface area contributed by atoms with E-state index in [0.717, 1.165) is 13.2 Å². The summed E-state index contributed by atoms with van der Waals surface area (Å²) < 4.78 is 15.8. The van der Waals surface area contributed by atoms with E-state index in [9.17, 15) is 30.0 Å². The molecule has 0 spiro atoms. The first-order valence-electron chi connectivity index (χ1n) is 8.65. The van der Waals surface area contributed by atoms with E-state index in [2.05, 4.69) is 4.74 Å². The Morgan fingerprint density at radius 3 is 2.34 bits per heavy atom. The highest BCUT2D eigenvalue weighted by molar-refractivity contribution is 6.06. The second-order valence-electron chi connectivity index (χ2n) is 6.42. The van der Waals surface area contributed by atoms with Crippen LogP contribution in [0.3, 0.4) is 0 Å². The monoisotopic (exact) mass is 404 g/mol. The van der Waals surface area contributed by atoms with Gasteiger partial charge in [-0.15, -0.1) is 0 Å². The number of benzene rings is 2. The molecule has 2 aromatic carbocycles. The number of phenolic OH excluding ortho intramolecular Hbond substituents is 1. The number of ether oxygens (including phenoxy) is 2. The number of hydrogen-bond acceptors (Lipinski definition) is 9. The third-order valence-corrected chi connectivity index (χ3v) is 4.75. The summed E-state index contributed by atoms with van der Waals surface area (Å²) in [7, 11) is 2.48. The Hall–Kier alpha value is -3.14. The van der Waals surface area contributed by atoms with Crippen LogP contribution in [0.5, 0.6) is 11.5 Å². The number of fused-ring (bicyclic) bond motifs is 2. The van der Waals surface area contributed by atoms with E-state index in [0.29, 0.717) is 5.56 Å². The first kappa shape index (κ1) is 20.6. The van der Waals surface area contributed by atoms with Crippen molar-refractivity contribution in [2.75, 3.05) is 27.4 Å². The number of methoxy groups -OCH3 is 2. The molecule has 0 aliphatic carbocycles. The van der Waals surface area contributed by atoms with Crippen LogP contribution >= 0.6 is 0 Å². The molecule has 3 rings (SSSR count). The second kappa shape index (κ2) is 8.08. The van der Waals surface area contributed by atoms with E-state index in [1.165, 1.54) is 25.3 Å². The minimum absolute atomic E-state index is 0.0368. The number of carbonyl (C=O) groups excluding carboxylic acids is 1. The van der Waals surface area contributed by atoms with Crippen molar-refractivity contribution >= 4 is 27.9 Å². The number of rotatable bonds is 6. The molecule has 0 bridgehead atoms. The highest BCUT2D eigenvalue weighted by atomic mass is 16.5. The number of hydrogen-bond donors (Lipinski definition) is 4. The first-order chi connectivity index (χ1) is 13.9. The summed E-state index contributed by atoms with van der Waals surface area (Å²) in [5, 5.41) is 38.7. The molecule has 29 heavy (non-hydrogen) atoms. The van der Waals surface area contributed by atoms with E-state index < -0.39 is 36.6 Å². The maximum atomic E-state index is 13.2. The van der Waals surface area contributed by atoms with E-state index >= 15 is 0 Å². The predicted octanol–water partition coefficient (Wildman–Crippen LogP) is 0.876. The number of aromatic hydroxyl groups is 1. The molecule has 154 valence electrons. The molecule has 2 unspecified atom stereocenters. The van der Waals surface area contributed by atoms with Crippen LogP contribution in [-0.2, 0) is 4.74 Å². The highest BCUT2D eigenvalue weighted by Gasteiger charge is 2.25. The van der Waals surface area contributed by atoms with Gasteiger partial charge in [0.2, 0.25) is 5.43 Å². The van der Waals surface area contributed by atoms with E-state index in [4.69, 9.17) is 9.15 Å². The summed E-state index contributed by atoms with van der Waals surface area (Å²) in [6.45, 7) is -1.05. The van der Waals surface area contributed by atoms with Crippen molar-refractivity contribution in [3.63, 3.8) is 0 Å². The summed E-state index contributed by atoms with van der Waals surface area (Å²) in [6.07, 6.45) is -1.25. The predicted molar refractivity (Wildman–Crippen MR) is 102 cm³/mol. The van der Waals surface area contributed by atoms with Crippen LogP contribution in [0.4, 0.5) is 0 Å². The SMILES string of the molecule is COC(=O)c1cc(O)cc2oc3cc(C(CO)C(O)CO)cc(OC)c3c(=O)c12. The average Bonchev–Trinajstić information content (AvgIpc) is 2.71. The second-order valence-corrected chi connectivity index (χ2v) is 6.42. The lowest BCUT2D eigenvalue weighted by molar-refractivity contribution is 0.0526. The van der Waals surface area contributed by atoms with Crippen molar-refractivity contribution in [2.45, 2.75) is 12.0 Å². The summed E-state index contributed by atoms with van der Waals surface area (Å²) in [5.74, 6) is -1.87. The quantitative estimate of drug-likeness (QED) is 0.347. The largest absolute Gasteiger partial charge is 0.508 e. The number of aliphatic hydroxyl groups excluding tert-OH is 3. The number of carbonyl (C=O) groups is 1. The molecule has 0 saturated heterocycles. The Morgan fingerprint density at radius 2 is 1.76 bits per heavy atom. The topological polar surface area (TPSA) is 147 Å². The van der Waals surface area contributed by atoms with E-state index in [-0.39, 0.29) is 39.0 Å². The maximum Gasteiger partial charge on any atom is 0.338 e. The zero-order valence-corrected chi connectivity index (χ0v) is 15.7. The van der Waals surface area contributed by atoms with Crippen molar-refractivity contribution in [1.82, 2.24) is 0 Å². The molecular formula is C20H20O9. The lowest BCUT2D eigenvalue weighted by Gasteiger charge is -2.20. The molecule has 0 radical (unpaired) electrons. The van der Waals surface area contributed by atoms with Gasteiger partial charge in [-0.25, -0.2) is 4.79 Å². The van der Waals surface area contributed by atoms with Gasteiger partial charge in [-0.2, -0.15) is 0 Å². The van der Waals surface area contributed by atoms with E-state index in [1.54, 1.807) is 0 Å². The first-order valence-corrected chi connectivity index (χ1v) is 8.65. The molecule has 1 aromatic heterocycles. The molecule has 9 heteroatoms. The van der Waals surface area contributed by atoms with E-state index in [1.807, 2.05) is 0 Å². The average molecular weight is 404 g/mol. The number of esters is 1. The van der Waals surface area contributed by atoms with Crippen molar-refractivity contribution < 1.29 is 39.1 Å². The Bertz CT molecular complexity index is 1130. The van der Waals surface area contributed by atoms with Crippen LogP contribution in [-0.4, -0.2) is 59.9 Å². The molecule has 2 atom stereocenters. The molecule has 1 heterocycles. The van der Waals surface area contributed by atoms with Crippen LogP contribution < -0.4 is 10.2 Å². The lowest BCUT2D eigenvalue weighted by atomic mass is 9.93. The van der Waals surface area contributed by atoms with Gasteiger partial charge in [0.05, 0.1) is 44.5 Å². The van der Waals surface area contributed by atoms with Crippen LogP contribution in [0.2, 0.25) is 0 Å². The van der Waals surface area contributed by atoms with Gasteiger partial charge in [0.15, 0.2) is 0 Å². The van der Waals surface area contributed by atoms with Gasteiger partial charge in [0, 0.05) is 12.0 Å². The van der Waals surface area contributed by atoms with Crippen molar-refractivity contribution in [2.24, 2.45) is 0 Å².